The zero-order chi connectivity index (χ0) is 37.6. The molecule has 3 aliphatic heterocycles. The molecule has 14 heteroatoms. The van der Waals surface area contributed by atoms with Gasteiger partial charge in [-0.05, 0) is 72.2 Å². The Morgan fingerprint density at radius 2 is 1.70 bits per heavy atom. The number of aliphatic hydroxyl groups is 2. The van der Waals surface area contributed by atoms with Gasteiger partial charge in [-0.1, -0.05) is 36.4 Å². The van der Waals surface area contributed by atoms with Crippen LogP contribution >= 0.6 is 22.7 Å². The molecule has 4 aliphatic rings. The third-order valence-electron chi connectivity index (χ3n) is 12.5. The Balaban J connectivity index is 0.793. The minimum Gasteiger partial charge on any atom is -0.871 e. The summed E-state index contributed by atoms with van der Waals surface area (Å²) in [5.41, 5.74) is -1.37. The van der Waals surface area contributed by atoms with Crippen LogP contribution in [0.5, 0.6) is 5.75 Å². The predicted octanol–water partition coefficient (Wildman–Crippen LogP) is 3.27. The average molecular weight is 777 g/mol. The van der Waals surface area contributed by atoms with Crippen LogP contribution in [0.15, 0.2) is 64.1 Å². The number of hydrogen-bond acceptors (Lipinski definition) is 11. The van der Waals surface area contributed by atoms with Crippen molar-refractivity contribution in [2.75, 3.05) is 33.2 Å². The third-order valence-corrected chi connectivity index (χ3v) is 14.4. The number of likely N-dealkylation sites (N-methyl/N-ethyl adjacent to an activating group) is 1. The minimum absolute atomic E-state index is 0.0508. The summed E-state index contributed by atoms with van der Waals surface area (Å²) >= 11 is 2.67. The van der Waals surface area contributed by atoms with Gasteiger partial charge in [-0.25, -0.2) is 4.79 Å². The number of nitrogens with one attached hydrogen (secondary N) is 3. The number of rotatable bonds is 14. The van der Waals surface area contributed by atoms with Gasteiger partial charge in [0.05, 0.1) is 35.9 Å². The number of epoxide rings is 1. The highest BCUT2D eigenvalue weighted by Crippen LogP contribution is 2.53. The lowest BCUT2D eigenvalue weighted by Gasteiger charge is -2.48. The number of piperidine rings is 1. The van der Waals surface area contributed by atoms with E-state index in [0.29, 0.717) is 71.4 Å². The minimum atomic E-state index is -1.83. The highest BCUT2D eigenvalue weighted by Gasteiger charge is 2.72. The smallest absolute Gasteiger partial charge is 0.349 e. The van der Waals surface area contributed by atoms with E-state index < -0.39 is 17.7 Å². The van der Waals surface area contributed by atoms with E-state index in [1.165, 1.54) is 34.8 Å². The molecule has 8 rings (SSSR count). The van der Waals surface area contributed by atoms with Crippen LogP contribution in [0.2, 0.25) is 0 Å². The van der Waals surface area contributed by atoms with Crippen molar-refractivity contribution < 1.29 is 38.9 Å². The molecule has 288 valence electrons. The van der Waals surface area contributed by atoms with Crippen molar-refractivity contribution >= 4 is 45.5 Å². The molecule has 1 saturated carbocycles. The van der Waals surface area contributed by atoms with Gasteiger partial charge in [0, 0.05) is 42.9 Å². The number of aromatic amines is 1. The fraction of sp³-hybridized carbons (Fsp3) is 0.525. The Morgan fingerprint density at radius 3 is 2.37 bits per heavy atom. The number of quaternary nitrogens is 1. The lowest BCUT2D eigenvalue weighted by Crippen LogP contribution is -2.63. The Kier molecular flexibility index (Phi) is 10.5. The number of benzene rings is 1. The topological polar surface area (TPSA) is 176 Å². The van der Waals surface area contributed by atoms with Crippen molar-refractivity contribution in [1.82, 2.24) is 15.6 Å². The zero-order valence-electron chi connectivity index (χ0n) is 30.3. The first kappa shape index (κ1) is 37.3. The van der Waals surface area contributed by atoms with Gasteiger partial charge in [0.2, 0.25) is 17.1 Å². The Morgan fingerprint density at radius 1 is 1.02 bits per heavy atom. The van der Waals surface area contributed by atoms with E-state index in [-0.39, 0.29) is 53.1 Å². The second-order valence-electron chi connectivity index (χ2n) is 15.8. The Labute approximate surface area is 321 Å². The summed E-state index contributed by atoms with van der Waals surface area (Å²) in [5, 5.41) is 45.7. The van der Waals surface area contributed by atoms with Crippen LogP contribution < -0.4 is 21.3 Å². The van der Waals surface area contributed by atoms with Gasteiger partial charge in [-0.3, -0.25) is 9.59 Å². The molecule has 1 aromatic carbocycles. The first-order valence-corrected chi connectivity index (χ1v) is 20.8. The summed E-state index contributed by atoms with van der Waals surface area (Å²) in [6.07, 6.45) is 4.96. The number of H-pyrrole nitrogens is 1. The fourth-order valence-electron chi connectivity index (χ4n) is 9.55. The number of ether oxygens (including phenoxy) is 2. The number of morpholine rings is 1. The second kappa shape index (κ2) is 15.1. The van der Waals surface area contributed by atoms with Gasteiger partial charge >= 0.3 is 5.97 Å². The summed E-state index contributed by atoms with van der Waals surface area (Å²) in [4.78, 5) is 42.3. The van der Waals surface area contributed by atoms with Crippen LogP contribution in [0.1, 0.15) is 66.4 Å². The van der Waals surface area contributed by atoms with Gasteiger partial charge in [-0.2, -0.15) is 0 Å². The molecule has 3 saturated heterocycles. The molecule has 3 aromatic heterocycles. The number of nitrogens with zero attached hydrogens (tertiary/aromatic N) is 1. The van der Waals surface area contributed by atoms with E-state index >= 15 is 0 Å². The monoisotopic (exact) mass is 776 g/mol. The van der Waals surface area contributed by atoms with Crippen LogP contribution in [0.4, 0.5) is 0 Å². The van der Waals surface area contributed by atoms with Crippen molar-refractivity contribution in [3.8, 4) is 5.75 Å². The maximum absolute atomic E-state index is 13.7. The Bertz CT molecular complexity index is 1970. The number of hydrogen-bond donors (Lipinski definition) is 5. The van der Waals surface area contributed by atoms with E-state index in [0.717, 1.165) is 36.7 Å². The van der Waals surface area contributed by atoms with Gasteiger partial charge in [-0.15, -0.1) is 22.7 Å². The van der Waals surface area contributed by atoms with Crippen molar-refractivity contribution in [3.05, 3.63) is 85.0 Å². The van der Waals surface area contributed by atoms with Crippen LogP contribution in [-0.2, 0) is 24.7 Å². The van der Waals surface area contributed by atoms with E-state index in [4.69, 9.17) is 9.47 Å². The maximum atomic E-state index is 13.7. The molecule has 54 heavy (non-hydrogen) atoms. The standard InChI is InChI=1S/C40H48N4O8S2/c1-44(28-18-25(19-29(44)38-37(28)52-38)51-39(49)40(50,32-7-3-15-53-32)33-8-4-16-54-33)14-13-34(47)42-21-24-6-2-5-23(17-24)20-41-22-31(46)26-9-11-30(45)36-27(26)10-12-35(48)43-36/h3-4,7-12,15-16,23-25,28-29,31,37-38,41,46,50H,2,5-6,13-14,17-22H2,1H3,(H2-,42,43,45,47,48)/t23?,24?,25?,28?,29?,31-,37?,38?,44?/m0/s1. The van der Waals surface area contributed by atoms with E-state index in [9.17, 15) is 29.7 Å². The van der Waals surface area contributed by atoms with Crippen LogP contribution in [-0.4, -0.2) is 95.2 Å². The number of thiophene rings is 2. The quantitative estimate of drug-likeness (QED) is 0.0732. The SMILES string of the molecule is C[N+]1(CCC(=O)NCC2CCCC(CNC[C@H](O)c3ccc([O-])c4[nH]c(=O)ccc34)C2)C2CC(OC(=O)C(O)(c3cccs3)c3cccs3)CC1C1OC12. The summed E-state index contributed by atoms with van der Waals surface area (Å²) in [7, 11) is 2.21. The largest absolute Gasteiger partial charge is 0.871 e. The predicted molar refractivity (Wildman–Crippen MR) is 203 cm³/mol. The molecule has 12 nitrogen and oxygen atoms in total. The lowest BCUT2D eigenvalue weighted by molar-refractivity contribution is -0.955. The second-order valence-corrected chi connectivity index (χ2v) is 17.7. The van der Waals surface area contributed by atoms with E-state index in [1.54, 1.807) is 24.3 Å². The molecule has 1 amide bonds. The molecule has 4 aromatic rings. The number of carbonyl (C=O) groups excluding carboxylic acids is 2. The van der Waals surface area contributed by atoms with Crippen LogP contribution in [0, 0.1) is 11.8 Å². The average Bonchev–Trinajstić information content (AvgIpc) is 3.45. The summed E-state index contributed by atoms with van der Waals surface area (Å²) in [5.74, 6) is -0.0512. The van der Waals surface area contributed by atoms with Crippen molar-refractivity contribution in [3.63, 3.8) is 0 Å². The number of pyridine rings is 1. The highest BCUT2D eigenvalue weighted by molar-refractivity contribution is 7.12. The lowest BCUT2D eigenvalue weighted by atomic mass is 9.81. The number of carbonyl (C=O) groups is 2. The number of aliphatic hydroxyl groups excluding tert-OH is 1. The molecule has 6 unspecified atom stereocenters. The fourth-order valence-corrected chi connectivity index (χ4v) is 11.3. The van der Waals surface area contributed by atoms with Gasteiger partial charge in [0.15, 0.2) is 0 Å². The van der Waals surface area contributed by atoms with Crippen molar-refractivity contribution in [2.24, 2.45) is 11.8 Å². The Hall–Kier alpha value is -3.63. The molecule has 0 radical (unpaired) electrons. The number of amides is 1. The normalized spacial score (nSPS) is 29.4. The maximum Gasteiger partial charge on any atom is 0.349 e. The summed E-state index contributed by atoms with van der Waals surface area (Å²) in [6.45, 7) is 2.40. The number of fused-ring (bicyclic) bond motifs is 6. The molecular weight excluding hydrogens is 729 g/mol. The molecule has 0 spiro atoms. The molecule has 1 aliphatic carbocycles. The van der Waals surface area contributed by atoms with Crippen LogP contribution in [0.3, 0.4) is 0 Å². The summed E-state index contributed by atoms with van der Waals surface area (Å²) < 4.78 is 12.9. The summed E-state index contributed by atoms with van der Waals surface area (Å²) in [6, 6.07) is 13.4. The van der Waals surface area contributed by atoms with E-state index in [2.05, 4.69) is 22.7 Å². The number of esters is 1. The molecule has 7 atom stereocenters. The highest BCUT2D eigenvalue weighted by atomic mass is 32.1. The van der Waals surface area contributed by atoms with Crippen molar-refractivity contribution in [2.45, 2.75) is 87.0 Å². The molecule has 2 bridgehead atoms. The van der Waals surface area contributed by atoms with Crippen molar-refractivity contribution in [1.29, 1.82) is 0 Å². The molecular formula is C40H48N4O8S2. The zero-order valence-corrected chi connectivity index (χ0v) is 31.9. The van der Waals surface area contributed by atoms with Gasteiger partial charge < -0.3 is 44.9 Å². The molecule has 4 fully saturated rings. The third kappa shape index (κ3) is 7.13. The number of aromatic nitrogens is 1. The van der Waals surface area contributed by atoms with Crippen LogP contribution in [0.25, 0.3) is 10.9 Å². The van der Waals surface area contributed by atoms with Gasteiger partial charge in [0.1, 0.15) is 30.4 Å². The van der Waals surface area contributed by atoms with E-state index in [1.807, 2.05) is 22.9 Å². The molecule has 5 N–H and O–H groups in total. The first-order valence-electron chi connectivity index (χ1n) is 19.0. The first-order chi connectivity index (χ1) is 26.0. The van der Waals surface area contributed by atoms with Gasteiger partial charge in [0.25, 0.3) is 0 Å². The molecule has 6 heterocycles.